The van der Waals surface area contributed by atoms with Crippen LogP contribution in [0.4, 0.5) is 0 Å². The highest BCUT2D eigenvalue weighted by atomic mass is 32.2. The second kappa shape index (κ2) is 7.91. The molecule has 0 amide bonds. The summed E-state index contributed by atoms with van der Waals surface area (Å²) in [4.78, 5) is 0. The van der Waals surface area contributed by atoms with Crippen LogP contribution in [0.2, 0.25) is 0 Å². The number of thioether (sulfide) groups is 1. The van der Waals surface area contributed by atoms with E-state index in [0.717, 1.165) is 18.1 Å². The van der Waals surface area contributed by atoms with Crippen molar-refractivity contribution in [2.24, 2.45) is 0 Å². The fourth-order valence-corrected chi connectivity index (χ4v) is 3.88. The van der Waals surface area contributed by atoms with Crippen molar-refractivity contribution >= 4 is 11.8 Å². The third kappa shape index (κ3) is 4.14. The van der Waals surface area contributed by atoms with Crippen molar-refractivity contribution in [3.8, 4) is 5.75 Å². The second-order valence-electron chi connectivity index (χ2n) is 5.21. The van der Waals surface area contributed by atoms with Gasteiger partial charge in [0.15, 0.2) is 0 Å². The Bertz CT molecular complexity index is 390. The molecule has 0 spiro atoms. The van der Waals surface area contributed by atoms with Crippen LogP contribution in [0.15, 0.2) is 24.3 Å². The van der Waals surface area contributed by atoms with Crippen LogP contribution in [-0.2, 0) is 4.74 Å². The number of nitrogens with one attached hydrogen (secondary N) is 1. The lowest BCUT2D eigenvalue weighted by Gasteiger charge is -2.24. The van der Waals surface area contributed by atoms with Gasteiger partial charge in [-0.3, -0.25) is 0 Å². The Morgan fingerprint density at radius 3 is 2.70 bits per heavy atom. The van der Waals surface area contributed by atoms with Crippen LogP contribution in [0.1, 0.15) is 31.4 Å². The first-order valence-corrected chi connectivity index (χ1v) is 8.34. The monoisotopic (exact) mass is 295 g/mol. The Kier molecular flexibility index (Phi) is 6.20. The molecule has 0 saturated carbocycles. The average molecular weight is 295 g/mol. The number of hydrogen-bond acceptors (Lipinski definition) is 4. The molecule has 1 aliphatic rings. The van der Waals surface area contributed by atoms with Gasteiger partial charge in [-0.1, -0.05) is 19.1 Å². The predicted molar refractivity (Wildman–Crippen MR) is 85.7 cm³/mol. The van der Waals surface area contributed by atoms with Gasteiger partial charge in [-0.15, -0.1) is 0 Å². The molecular weight excluding hydrogens is 270 g/mol. The van der Waals surface area contributed by atoms with E-state index < -0.39 is 0 Å². The average Bonchev–Trinajstić information content (AvgIpc) is 3.00. The van der Waals surface area contributed by atoms with E-state index in [1.54, 1.807) is 7.11 Å². The van der Waals surface area contributed by atoms with Crippen molar-refractivity contribution in [1.82, 2.24) is 5.32 Å². The van der Waals surface area contributed by atoms with Gasteiger partial charge in [0, 0.05) is 23.7 Å². The third-order valence-corrected chi connectivity index (χ3v) is 5.19. The van der Waals surface area contributed by atoms with Crippen LogP contribution in [0.3, 0.4) is 0 Å². The van der Waals surface area contributed by atoms with Crippen LogP contribution in [-0.4, -0.2) is 37.9 Å². The molecule has 4 heteroatoms. The fourth-order valence-electron chi connectivity index (χ4n) is 2.61. The summed E-state index contributed by atoms with van der Waals surface area (Å²) in [5.74, 6) is 2.00. The minimum atomic E-state index is 0.354. The van der Waals surface area contributed by atoms with E-state index >= 15 is 0 Å². The van der Waals surface area contributed by atoms with Crippen LogP contribution in [0.5, 0.6) is 5.75 Å². The zero-order chi connectivity index (χ0) is 14.4. The molecule has 1 saturated heterocycles. The van der Waals surface area contributed by atoms with Gasteiger partial charge in [0.05, 0.1) is 13.2 Å². The molecule has 0 radical (unpaired) electrons. The molecule has 0 aromatic heterocycles. The van der Waals surface area contributed by atoms with E-state index in [2.05, 4.69) is 24.4 Å². The Balaban J connectivity index is 1.91. The fraction of sp³-hybridized carbons (Fsp3) is 0.625. The largest absolute Gasteiger partial charge is 0.497 e. The number of benzene rings is 1. The van der Waals surface area contributed by atoms with E-state index in [4.69, 9.17) is 9.47 Å². The van der Waals surface area contributed by atoms with Gasteiger partial charge in [0.1, 0.15) is 5.75 Å². The summed E-state index contributed by atoms with van der Waals surface area (Å²) >= 11 is 1.99. The van der Waals surface area contributed by atoms with E-state index in [9.17, 15) is 0 Å². The van der Waals surface area contributed by atoms with Crippen LogP contribution < -0.4 is 10.1 Å². The first-order chi connectivity index (χ1) is 9.74. The summed E-state index contributed by atoms with van der Waals surface area (Å²) in [6.07, 6.45) is 2.89. The molecule has 1 aliphatic heterocycles. The van der Waals surface area contributed by atoms with Gasteiger partial charge >= 0.3 is 0 Å². The molecule has 1 aromatic rings. The minimum absolute atomic E-state index is 0.354. The molecule has 0 bridgehead atoms. The summed E-state index contributed by atoms with van der Waals surface area (Å²) in [5.41, 5.74) is 1.31. The number of methoxy groups -OCH3 is 1. The van der Waals surface area contributed by atoms with Gasteiger partial charge in [-0.25, -0.2) is 0 Å². The van der Waals surface area contributed by atoms with Gasteiger partial charge in [-0.05, 0) is 37.6 Å². The summed E-state index contributed by atoms with van der Waals surface area (Å²) in [7, 11) is 3.72. The second-order valence-corrected chi connectivity index (χ2v) is 6.62. The zero-order valence-electron chi connectivity index (χ0n) is 12.6. The number of hydrogen-bond donors (Lipinski definition) is 1. The van der Waals surface area contributed by atoms with Crippen molar-refractivity contribution in [2.75, 3.05) is 26.5 Å². The maximum atomic E-state index is 5.69. The lowest BCUT2D eigenvalue weighted by atomic mass is 10.0. The smallest absolute Gasteiger partial charge is 0.118 e. The Morgan fingerprint density at radius 2 is 2.15 bits per heavy atom. The molecule has 3 atom stereocenters. The molecule has 3 unspecified atom stereocenters. The topological polar surface area (TPSA) is 30.5 Å². The summed E-state index contributed by atoms with van der Waals surface area (Å²) in [5, 5.41) is 3.94. The quantitative estimate of drug-likeness (QED) is 0.836. The molecular formula is C16H25NO2S. The van der Waals surface area contributed by atoms with Crippen LogP contribution in [0.25, 0.3) is 0 Å². The Morgan fingerprint density at radius 1 is 1.40 bits per heavy atom. The third-order valence-electron chi connectivity index (χ3n) is 3.82. The molecule has 2 rings (SSSR count). The van der Waals surface area contributed by atoms with Gasteiger partial charge in [0.25, 0.3) is 0 Å². The molecule has 3 nitrogen and oxygen atoms in total. The van der Waals surface area contributed by atoms with Gasteiger partial charge in [0.2, 0.25) is 0 Å². The maximum Gasteiger partial charge on any atom is 0.118 e. The summed E-state index contributed by atoms with van der Waals surface area (Å²) in [6, 6.07) is 8.69. The van der Waals surface area contributed by atoms with Gasteiger partial charge < -0.3 is 14.8 Å². The standard InChI is InChI=1S/C16H25NO2S/c1-12(20-11-15-5-4-10-19-15)16(17-2)13-6-8-14(18-3)9-7-13/h6-9,12,15-17H,4-5,10-11H2,1-3H3. The van der Waals surface area contributed by atoms with Crippen molar-refractivity contribution in [2.45, 2.75) is 37.2 Å². The number of rotatable bonds is 7. The van der Waals surface area contributed by atoms with Crippen LogP contribution >= 0.6 is 11.8 Å². The predicted octanol–water partition coefficient (Wildman–Crippen LogP) is 3.26. The highest BCUT2D eigenvalue weighted by Crippen LogP contribution is 2.29. The molecule has 1 aromatic carbocycles. The highest BCUT2D eigenvalue weighted by Gasteiger charge is 2.21. The molecule has 1 N–H and O–H groups in total. The summed E-state index contributed by atoms with van der Waals surface area (Å²) < 4.78 is 10.9. The normalized spacial score (nSPS) is 21.6. The first-order valence-electron chi connectivity index (χ1n) is 7.29. The molecule has 112 valence electrons. The van der Waals surface area contributed by atoms with Crippen molar-refractivity contribution in [1.29, 1.82) is 0 Å². The Hall–Kier alpha value is -0.710. The van der Waals surface area contributed by atoms with E-state index in [1.807, 2.05) is 30.9 Å². The van der Waals surface area contributed by atoms with Gasteiger partial charge in [-0.2, -0.15) is 11.8 Å². The molecule has 1 heterocycles. The SMILES string of the molecule is CNC(c1ccc(OC)cc1)C(C)SCC1CCCO1. The van der Waals surface area contributed by atoms with E-state index in [0.29, 0.717) is 17.4 Å². The van der Waals surface area contributed by atoms with Crippen LogP contribution in [0, 0.1) is 0 Å². The zero-order valence-corrected chi connectivity index (χ0v) is 13.4. The minimum Gasteiger partial charge on any atom is -0.497 e. The van der Waals surface area contributed by atoms with Crippen molar-refractivity contribution < 1.29 is 9.47 Å². The highest BCUT2D eigenvalue weighted by molar-refractivity contribution is 7.99. The molecule has 20 heavy (non-hydrogen) atoms. The molecule has 1 fully saturated rings. The summed E-state index contributed by atoms with van der Waals surface area (Å²) in [6.45, 7) is 3.22. The van der Waals surface area contributed by atoms with E-state index in [-0.39, 0.29) is 0 Å². The van der Waals surface area contributed by atoms with Crippen molar-refractivity contribution in [3.05, 3.63) is 29.8 Å². The van der Waals surface area contributed by atoms with E-state index in [1.165, 1.54) is 18.4 Å². The lowest BCUT2D eigenvalue weighted by Crippen LogP contribution is -2.26. The maximum absolute atomic E-state index is 5.69. The Labute approximate surface area is 126 Å². The lowest BCUT2D eigenvalue weighted by molar-refractivity contribution is 0.128. The molecule has 0 aliphatic carbocycles. The first kappa shape index (κ1) is 15.7. The number of ether oxygens (including phenoxy) is 2. The van der Waals surface area contributed by atoms with Crippen molar-refractivity contribution in [3.63, 3.8) is 0 Å².